The minimum absolute atomic E-state index is 1.32. The fraction of sp³-hybridized carbons (Fsp3) is 0. The second-order valence-electron chi connectivity index (χ2n) is 0.526. The minimum Gasteiger partial charge on any atom is -0.404 e. The maximum atomic E-state index is 4.82. The zero-order chi connectivity index (χ0) is 4.12. The van der Waals surface area contributed by atoms with Gasteiger partial charge in [0.25, 0.3) is 0 Å². The van der Waals surface area contributed by atoms with Crippen molar-refractivity contribution in [1.82, 2.24) is 0 Å². The summed E-state index contributed by atoms with van der Waals surface area (Å²) in [5.41, 5.74) is 4.82. The molecule has 0 aliphatic heterocycles. The van der Waals surface area contributed by atoms with Crippen LogP contribution in [0.2, 0.25) is 0 Å². The van der Waals surface area contributed by atoms with Crippen molar-refractivity contribution in [1.29, 1.82) is 0 Å². The average Bonchev–Trinajstić information content (AvgIpc) is 1.41. The van der Waals surface area contributed by atoms with E-state index in [0.29, 0.717) is 0 Å². The lowest BCUT2D eigenvalue weighted by Gasteiger charge is -1.55. The smallest absolute Gasteiger partial charge is 0.00335 e. The minimum atomic E-state index is 1.32. The maximum Gasteiger partial charge on any atom is 0.00335 e. The lowest BCUT2D eigenvalue weighted by molar-refractivity contribution is 1.62. The summed E-state index contributed by atoms with van der Waals surface area (Å²) in [6.45, 7) is 0. The van der Waals surface area contributed by atoms with Crippen LogP contribution in [0, 0.1) is 12.3 Å². The van der Waals surface area contributed by atoms with E-state index in [1.165, 1.54) is 12.3 Å². The second kappa shape index (κ2) is 3.10. The third-order valence-electron chi connectivity index (χ3n) is 0.192. The van der Waals surface area contributed by atoms with Crippen LogP contribution in [-0.4, -0.2) is 0 Å². The summed E-state index contributed by atoms with van der Waals surface area (Å²) < 4.78 is 0. The van der Waals surface area contributed by atoms with Crippen molar-refractivity contribution < 1.29 is 0 Å². The van der Waals surface area contributed by atoms with Gasteiger partial charge in [-0.2, -0.15) is 0 Å². The molecular weight excluding hydrogens is 62.1 g/mol. The van der Waals surface area contributed by atoms with E-state index in [9.17, 15) is 0 Å². The number of allylic oxidation sites excluding steroid dienone is 1. The van der Waals surface area contributed by atoms with E-state index in [2.05, 4.69) is 5.92 Å². The van der Waals surface area contributed by atoms with Crippen LogP contribution in [0.25, 0.3) is 0 Å². The molecule has 2 N–H and O–H groups in total. The Hall–Kier alpha value is -0.900. The quantitative estimate of drug-likeness (QED) is 0.399. The van der Waals surface area contributed by atoms with Gasteiger partial charge < -0.3 is 5.73 Å². The van der Waals surface area contributed by atoms with Gasteiger partial charge in [-0.3, -0.25) is 0 Å². The molecule has 0 saturated carbocycles. The molecule has 0 radical (unpaired) electrons. The molecule has 0 atom stereocenters. The van der Waals surface area contributed by atoms with Crippen molar-refractivity contribution in [3.63, 3.8) is 0 Å². The number of hydrogen-bond acceptors (Lipinski definition) is 1. The highest BCUT2D eigenvalue weighted by Crippen LogP contribution is 1.49. The molecule has 1 heteroatoms. The molecule has 0 fully saturated rings. The Morgan fingerprint density at radius 2 is 2.40 bits per heavy atom. The molecule has 0 rings (SSSR count). The molecule has 0 aromatic heterocycles. The predicted octanol–water partition coefficient (Wildman–Crippen LogP) is 0.0920. The predicted molar refractivity (Wildman–Crippen MR) is 22.2 cm³/mol. The zero-order valence-electron chi connectivity index (χ0n) is 2.81. The van der Waals surface area contributed by atoms with Crippen LogP contribution < -0.4 is 5.73 Å². The van der Waals surface area contributed by atoms with Crippen LogP contribution in [0.5, 0.6) is 0 Å². The monoisotopic (exact) mass is 67.0 g/mol. The first-order chi connectivity index (χ1) is 2.41. The highest BCUT2D eigenvalue weighted by molar-refractivity contribution is 5.06. The SMILES string of the molecule is C#C/C=C/N. The number of hydrogen-bond donors (Lipinski definition) is 1. The summed E-state index contributed by atoms with van der Waals surface area (Å²) in [6.07, 6.45) is 7.47. The molecule has 0 amide bonds. The van der Waals surface area contributed by atoms with Crippen LogP contribution in [-0.2, 0) is 0 Å². The molecule has 26 valence electrons. The second-order valence-corrected chi connectivity index (χ2v) is 0.526. The van der Waals surface area contributed by atoms with Gasteiger partial charge in [0, 0.05) is 12.3 Å². The van der Waals surface area contributed by atoms with E-state index in [0.717, 1.165) is 0 Å². The molecular formula is C4H5N. The third-order valence-corrected chi connectivity index (χ3v) is 0.192. The van der Waals surface area contributed by atoms with E-state index >= 15 is 0 Å². The first-order valence-electron chi connectivity index (χ1n) is 1.24. The number of terminal acetylenes is 1. The van der Waals surface area contributed by atoms with E-state index < -0.39 is 0 Å². The molecule has 5 heavy (non-hydrogen) atoms. The van der Waals surface area contributed by atoms with E-state index in [1.54, 1.807) is 0 Å². The summed E-state index contributed by atoms with van der Waals surface area (Å²) in [5, 5.41) is 0. The summed E-state index contributed by atoms with van der Waals surface area (Å²) >= 11 is 0. The van der Waals surface area contributed by atoms with Crippen LogP contribution in [0.3, 0.4) is 0 Å². The van der Waals surface area contributed by atoms with Gasteiger partial charge >= 0.3 is 0 Å². The summed E-state index contributed by atoms with van der Waals surface area (Å²) in [4.78, 5) is 0. The van der Waals surface area contributed by atoms with E-state index in [4.69, 9.17) is 12.2 Å². The molecule has 0 spiro atoms. The Kier molecular flexibility index (Phi) is 2.54. The first kappa shape index (κ1) is 4.10. The molecule has 0 aliphatic rings. The number of nitrogens with two attached hydrogens (primary N) is 1. The van der Waals surface area contributed by atoms with Gasteiger partial charge in [0.1, 0.15) is 0 Å². The lowest BCUT2D eigenvalue weighted by Crippen LogP contribution is -1.71. The molecule has 0 saturated heterocycles. The Morgan fingerprint density at radius 1 is 1.80 bits per heavy atom. The van der Waals surface area contributed by atoms with Gasteiger partial charge in [0.05, 0.1) is 0 Å². The Balaban J connectivity index is 3.04. The topological polar surface area (TPSA) is 26.0 Å². The van der Waals surface area contributed by atoms with Crippen molar-refractivity contribution in [2.45, 2.75) is 0 Å². The van der Waals surface area contributed by atoms with Crippen molar-refractivity contribution in [2.24, 2.45) is 5.73 Å². The van der Waals surface area contributed by atoms with Crippen LogP contribution in [0.15, 0.2) is 12.3 Å². The number of rotatable bonds is 0. The highest BCUT2D eigenvalue weighted by atomic mass is 14.5. The van der Waals surface area contributed by atoms with E-state index in [1.807, 2.05) is 0 Å². The average molecular weight is 67.1 g/mol. The van der Waals surface area contributed by atoms with Crippen LogP contribution >= 0.6 is 0 Å². The standard InChI is InChI=1S/C4H5N/c1-2-3-4-5/h1,3-4H,5H2/b4-3+. The van der Waals surface area contributed by atoms with Gasteiger partial charge in [0.15, 0.2) is 0 Å². The van der Waals surface area contributed by atoms with Gasteiger partial charge in [-0.25, -0.2) is 0 Å². The molecule has 0 aliphatic carbocycles. The summed E-state index contributed by atoms with van der Waals surface area (Å²) in [6, 6.07) is 0. The fourth-order valence-corrected chi connectivity index (χ4v) is 0.0556. The Labute approximate surface area is 31.5 Å². The van der Waals surface area contributed by atoms with E-state index in [-0.39, 0.29) is 0 Å². The highest BCUT2D eigenvalue weighted by Gasteiger charge is 1.40. The van der Waals surface area contributed by atoms with Gasteiger partial charge in [-0.15, -0.1) is 6.42 Å². The third kappa shape index (κ3) is 3.10. The lowest BCUT2D eigenvalue weighted by atomic mass is 10.6. The van der Waals surface area contributed by atoms with Crippen LogP contribution in [0.1, 0.15) is 0 Å². The normalized spacial score (nSPS) is 7.80. The van der Waals surface area contributed by atoms with Crippen molar-refractivity contribution >= 4 is 0 Å². The fourth-order valence-electron chi connectivity index (χ4n) is 0.0556. The van der Waals surface area contributed by atoms with Crippen molar-refractivity contribution in [3.8, 4) is 12.3 Å². The molecule has 0 heterocycles. The summed E-state index contributed by atoms with van der Waals surface area (Å²) in [5.74, 6) is 2.21. The van der Waals surface area contributed by atoms with Crippen molar-refractivity contribution in [3.05, 3.63) is 12.3 Å². The van der Waals surface area contributed by atoms with Crippen LogP contribution in [0.4, 0.5) is 0 Å². The Morgan fingerprint density at radius 3 is 2.40 bits per heavy atom. The molecule has 0 bridgehead atoms. The largest absolute Gasteiger partial charge is 0.404 e. The van der Waals surface area contributed by atoms with Gasteiger partial charge in [-0.05, 0) is 0 Å². The zero-order valence-corrected chi connectivity index (χ0v) is 2.81. The summed E-state index contributed by atoms with van der Waals surface area (Å²) in [7, 11) is 0. The van der Waals surface area contributed by atoms with Gasteiger partial charge in [0.2, 0.25) is 0 Å². The molecule has 0 aromatic carbocycles. The van der Waals surface area contributed by atoms with Gasteiger partial charge in [-0.1, -0.05) is 5.92 Å². The van der Waals surface area contributed by atoms with Crippen molar-refractivity contribution in [2.75, 3.05) is 0 Å². The first-order valence-corrected chi connectivity index (χ1v) is 1.24. The molecule has 0 unspecified atom stereocenters. The molecule has 1 nitrogen and oxygen atoms in total. The Bertz CT molecular complexity index is 66.2. The maximum absolute atomic E-state index is 4.82. The molecule has 0 aromatic rings.